The molecular weight excluding hydrogens is 292 g/mol. The van der Waals surface area contributed by atoms with E-state index in [1.807, 2.05) is 6.92 Å². The first-order valence-electron chi connectivity index (χ1n) is 6.08. The highest BCUT2D eigenvalue weighted by Crippen LogP contribution is 2.31. The third-order valence-electron chi connectivity index (χ3n) is 2.93. The minimum Gasteiger partial charge on any atom is -0.477 e. The van der Waals surface area contributed by atoms with Gasteiger partial charge in [0.1, 0.15) is 16.2 Å². The fourth-order valence-electron chi connectivity index (χ4n) is 1.97. The highest BCUT2D eigenvalue weighted by atomic mass is 32.1. The van der Waals surface area contributed by atoms with Crippen molar-refractivity contribution in [1.82, 2.24) is 0 Å². The Morgan fingerprint density at radius 1 is 1.24 bits per heavy atom. The molecule has 6 heteroatoms. The van der Waals surface area contributed by atoms with Crippen molar-refractivity contribution in [3.8, 4) is 10.8 Å². The molecule has 3 aromatic rings. The number of carbonyl (C=O) groups is 1. The quantitative estimate of drug-likeness (QED) is 0.747. The van der Waals surface area contributed by atoms with Crippen LogP contribution in [0.5, 0.6) is 10.8 Å². The number of hydrogen-bond acceptors (Lipinski definition) is 5. The molecule has 0 fully saturated rings. The molecule has 2 aromatic heterocycles. The Labute approximate surface area is 123 Å². The van der Waals surface area contributed by atoms with Gasteiger partial charge in [0.15, 0.2) is 5.06 Å². The van der Waals surface area contributed by atoms with Crippen LogP contribution in [-0.2, 0) is 0 Å². The maximum Gasteiger partial charge on any atom is 0.345 e. The summed E-state index contributed by atoms with van der Waals surface area (Å²) in [5.41, 5.74) is 0.853. The first kappa shape index (κ1) is 13.4. The largest absolute Gasteiger partial charge is 0.477 e. The van der Waals surface area contributed by atoms with Crippen LogP contribution in [0.2, 0.25) is 0 Å². The predicted molar refractivity (Wildman–Crippen MR) is 78.6 cm³/mol. The van der Waals surface area contributed by atoms with Crippen molar-refractivity contribution in [2.75, 3.05) is 0 Å². The van der Waals surface area contributed by atoms with Gasteiger partial charge in [0.25, 0.3) is 0 Å². The Morgan fingerprint density at radius 3 is 2.76 bits per heavy atom. The molecule has 1 aromatic carbocycles. The van der Waals surface area contributed by atoms with E-state index in [1.165, 1.54) is 12.1 Å². The fraction of sp³-hybridized carbons (Fsp3) is 0.0667. The summed E-state index contributed by atoms with van der Waals surface area (Å²) >= 11 is 1.03. The Kier molecular flexibility index (Phi) is 3.23. The SMILES string of the molecule is Cc1cc(=O)oc2cc(Oc3ccc(C(=O)O)s3)ccc12. The number of fused-ring (bicyclic) bond motifs is 1. The lowest BCUT2D eigenvalue weighted by atomic mass is 10.1. The average Bonchev–Trinajstić information content (AvgIpc) is 2.86. The Balaban J connectivity index is 1.97. The average molecular weight is 302 g/mol. The summed E-state index contributed by atoms with van der Waals surface area (Å²) in [4.78, 5) is 22.4. The van der Waals surface area contributed by atoms with Crippen LogP contribution in [0.1, 0.15) is 15.2 Å². The van der Waals surface area contributed by atoms with Crippen molar-refractivity contribution in [3.05, 3.63) is 57.3 Å². The van der Waals surface area contributed by atoms with Gasteiger partial charge in [-0.1, -0.05) is 11.3 Å². The van der Waals surface area contributed by atoms with Crippen LogP contribution < -0.4 is 10.4 Å². The van der Waals surface area contributed by atoms with Crippen molar-refractivity contribution < 1.29 is 19.1 Å². The Bertz CT molecular complexity index is 890. The van der Waals surface area contributed by atoms with Gasteiger partial charge in [0.05, 0.1) is 0 Å². The molecule has 0 radical (unpaired) electrons. The van der Waals surface area contributed by atoms with Crippen LogP contribution in [0.4, 0.5) is 0 Å². The lowest BCUT2D eigenvalue weighted by Gasteiger charge is -2.05. The molecule has 0 saturated heterocycles. The summed E-state index contributed by atoms with van der Waals surface area (Å²) in [6, 6.07) is 9.66. The van der Waals surface area contributed by atoms with Crippen LogP contribution in [0.15, 0.2) is 45.6 Å². The molecule has 0 aliphatic rings. The Morgan fingerprint density at radius 2 is 2.05 bits per heavy atom. The van der Waals surface area contributed by atoms with Crippen molar-refractivity contribution in [3.63, 3.8) is 0 Å². The zero-order chi connectivity index (χ0) is 15.0. The number of carboxylic acids is 1. The predicted octanol–water partition coefficient (Wildman–Crippen LogP) is 3.65. The fourth-order valence-corrected chi connectivity index (χ4v) is 2.69. The van der Waals surface area contributed by atoms with E-state index in [0.717, 1.165) is 22.3 Å². The van der Waals surface area contributed by atoms with E-state index in [1.54, 1.807) is 24.3 Å². The summed E-state index contributed by atoms with van der Waals surface area (Å²) in [6.07, 6.45) is 0. The monoisotopic (exact) mass is 302 g/mol. The minimum atomic E-state index is -0.991. The highest BCUT2D eigenvalue weighted by Gasteiger charge is 2.09. The van der Waals surface area contributed by atoms with Crippen LogP contribution in [-0.4, -0.2) is 11.1 Å². The van der Waals surface area contributed by atoms with Crippen molar-refractivity contribution >= 4 is 28.3 Å². The van der Waals surface area contributed by atoms with Gasteiger partial charge < -0.3 is 14.3 Å². The maximum absolute atomic E-state index is 11.4. The second-order valence-corrected chi connectivity index (χ2v) is 5.48. The van der Waals surface area contributed by atoms with Crippen LogP contribution in [0.25, 0.3) is 11.0 Å². The van der Waals surface area contributed by atoms with Crippen molar-refractivity contribution in [2.45, 2.75) is 6.92 Å². The number of aromatic carboxylic acids is 1. The lowest BCUT2D eigenvalue weighted by Crippen LogP contribution is -1.97. The summed E-state index contributed by atoms with van der Waals surface area (Å²) < 4.78 is 10.7. The molecule has 0 saturated carbocycles. The molecular formula is C15H10O5S. The molecule has 21 heavy (non-hydrogen) atoms. The van der Waals surface area contributed by atoms with Gasteiger partial charge in [-0.2, -0.15) is 0 Å². The highest BCUT2D eigenvalue weighted by molar-refractivity contribution is 7.15. The molecule has 0 bridgehead atoms. The van der Waals surface area contributed by atoms with Gasteiger partial charge in [-0.25, -0.2) is 9.59 Å². The van der Waals surface area contributed by atoms with Crippen LogP contribution in [0.3, 0.4) is 0 Å². The summed E-state index contributed by atoms with van der Waals surface area (Å²) in [7, 11) is 0. The van der Waals surface area contributed by atoms with E-state index in [4.69, 9.17) is 14.3 Å². The number of benzene rings is 1. The van der Waals surface area contributed by atoms with Gasteiger partial charge in [0, 0.05) is 17.5 Å². The second-order valence-electron chi connectivity index (χ2n) is 4.43. The molecule has 2 heterocycles. The topological polar surface area (TPSA) is 76.7 Å². The van der Waals surface area contributed by atoms with Gasteiger partial charge in [-0.15, -0.1) is 0 Å². The third-order valence-corrected chi connectivity index (χ3v) is 3.88. The third kappa shape index (κ3) is 2.66. The zero-order valence-electron chi connectivity index (χ0n) is 11.0. The second kappa shape index (κ2) is 5.06. The number of carboxylic acid groups (broad SMARTS) is 1. The van der Waals surface area contributed by atoms with Gasteiger partial charge >= 0.3 is 11.6 Å². The van der Waals surface area contributed by atoms with E-state index in [-0.39, 0.29) is 4.88 Å². The molecule has 0 atom stereocenters. The molecule has 106 valence electrons. The number of thiophene rings is 1. The zero-order valence-corrected chi connectivity index (χ0v) is 11.8. The molecule has 0 spiro atoms. The van der Waals surface area contributed by atoms with E-state index in [0.29, 0.717) is 16.4 Å². The Hall–Kier alpha value is -2.60. The van der Waals surface area contributed by atoms with Gasteiger partial charge in [-0.3, -0.25) is 0 Å². The minimum absolute atomic E-state index is 0.202. The normalized spacial score (nSPS) is 10.7. The molecule has 0 aliphatic heterocycles. The van der Waals surface area contributed by atoms with Gasteiger partial charge in [-0.05, 0) is 36.8 Å². The van der Waals surface area contributed by atoms with Gasteiger partial charge in [0.2, 0.25) is 0 Å². The summed E-state index contributed by atoms with van der Waals surface area (Å²) in [6.45, 7) is 1.83. The van der Waals surface area contributed by atoms with E-state index < -0.39 is 11.6 Å². The smallest absolute Gasteiger partial charge is 0.345 e. The molecule has 0 amide bonds. The molecule has 3 rings (SSSR count). The molecule has 0 aliphatic carbocycles. The summed E-state index contributed by atoms with van der Waals surface area (Å²) in [5.74, 6) is -0.509. The number of ether oxygens (including phenoxy) is 1. The standard InChI is InChI=1S/C15H10O5S/c1-8-6-13(16)20-11-7-9(2-3-10(8)11)19-14-5-4-12(21-14)15(17)18/h2-7H,1H3,(H,17,18). The molecule has 1 N–H and O–H groups in total. The van der Waals surface area contributed by atoms with Crippen molar-refractivity contribution in [1.29, 1.82) is 0 Å². The van der Waals surface area contributed by atoms with E-state index >= 15 is 0 Å². The van der Waals surface area contributed by atoms with Crippen LogP contribution >= 0.6 is 11.3 Å². The lowest BCUT2D eigenvalue weighted by molar-refractivity contribution is 0.0702. The molecule has 5 nitrogen and oxygen atoms in total. The van der Waals surface area contributed by atoms with Crippen LogP contribution in [0, 0.1) is 6.92 Å². The number of rotatable bonds is 3. The number of aryl methyl sites for hydroxylation is 1. The summed E-state index contributed by atoms with van der Waals surface area (Å²) in [5, 5.41) is 10.2. The first-order chi connectivity index (χ1) is 10.0. The molecule has 0 unspecified atom stereocenters. The van der Waals surface area contributed by atoms with Crippen molar-refractivity contribution in [2.24, 2.45) is 0 Å². The maximum atomic E-state index is 11.4. The first-order valence-corrected chi connectivity index (χ1v) is 6.90. The van der Waals surface area contributed by atoms with E-state index in [2.05, 4.69) is 0 Å². The number of hydrogen-bond donors (Lipinski definition) is 1. The van der Waals surface area contributed by atoms with E-state index in [9.17, 15) is 9.59 Å².